The topological polar surface area (TPSA) is 36.9 Å². The molecule has 1 aliphatic heterocycles. The molecule has 2 aromatic rings. The molecule has 2 aromatic carbocycles. The highest BCUT2D eigenvalue weighted by atomic mass is 16.5. The summed E-state index contributed by atoms with van der Waals surface area (Å²) in [6.45, 7) is 10.2. The second-order valence-electron chi connectivity index (χ2n) is 6.53. The molecular weight excluding hydrogens is 340 g/mol. The zero-order valence-corrected chi connectivity index (χ0v) is 16.2. The van der Waals surface area contributed by atoms with Gasteiger partial charge in [-0.3, -0.25) is 0 Å². The summed E-state index contributed by atoms with van der Waals surface area (Å²) in [4.78, 5) is 0. The number of hydrogen-bond acceptors (Lipinski definition) is 4. The first-order chi connectivity index (χ1) is 13.1. The standard InChI is InChI=1S/C23H26O4/c1-6-8-16-12-18-15(3)23(27-21(18)14-20(16)26-11-7-2)17-9-10-19(24-4)22(13-17)25-5/h6-7,9-10,12-15,23H,1-2,8,11H2,3-5H3/t15-,23-/m0/s1. The summed E-state index contributed by atoms with van der Waals surface area (Å²) in [5, 5.41) is 0. The molecule has 0 N–H and O–H groups in total. The molecule has 0 unspecified atom stereocenters. The summed E-state index contributed by atoms with van der Waals surface area (Å²) >= 11 is 0. The van der Waals surface area contributed by atoms with Gasteiger partial charge in [0.2, 0.25) is 0 Å². The van der Waals surface area contributed by atoms with E-state index in [0.29, 0.717) is 18.1 Å². The van der Waals surface area contributed by atoms with Crippen molar-refractivity contribution in [2.75, 3.05) is 20.8 Å². The molecule has 0 spiro atoms. The largest absolute Gasteiger partial charge is 0.493 e. The molecule has 27 heavy (non-hydrogen) atoms. The molecule has 4 heteroatoms. The predicted octanol–water partition coefficient (Wildman–Crippen LogP) is 5.23. The molecule has 1 heterocycles. The number of ether oxygens (including phenoxy) is 4. The van der Waals surface area contributed by atoms with Gasteiger partial charge < -0.3 is 18.9 Å². The number of hydrogen-bond donors (Lipinski definition) is 0. The van der Waals surface area contributed by atoms with Crippen molar-refractivity contribution in [3.63, 3.8) is 0 Å². The summed E-state index contributed by atoms with van der Waals surface area (Å²) in [7, 11) is 3.27. The van der Waals surface area contributed by atoms with Crippen LogP contribution in [0.25, 0.3) is 0 Å². The van der Waals surface area contributed by atoms with Crippen LogP contribution in [0.4, 0.5) is 0 Å². The zero-order chi connectivity index (χ0) is 19.4. The molecule has 4 nitrogen and oxygen atoms in total. The lowest BCUT2D eigenvalue weighted by molar-refractivity contribution is 0.214. The minimum atomic E-state index is -0.0916. The lowest BCUT2D eigenvalue weighted by Gasteiger charge is -2.17. The third-order valence-corrected chi connectivity index (χ3v) is 4.85. The third-order valence-electron chi connectivity index (χ3n) is 4.85. The summed E-state index contributed by atoms with van der Waals surface area (Å²) in [5.41, 5.74) is 3.33. The van der Waals surface area contributed by atoms with Crippen LogP contribution in [0.2, 0.25) is 0 Å². The second kappa shape index (κ2) is 8.21. The van der Waals surface area contributed by atoms with Crippen molar-refractivity contribution < 1.29 is 18.9 Å². The number of methoxy groups -OCH3 is 2. The number of benzene rings is 2. The number of fused-ring (bicyclic) bond motifs is 1. The normalized spacial score (nSPS) is 17.6. The third kappa shape index (κ3) is 3.65. The Morgan fingerprint density at radius 3 is 2.44 bits per heavy atom. The van der Waals surface area contributed by atoms with Crippen molar-refractivity contribution in [1.82, 2.24) is 0 Å². The summed E-state index contributed by atoms with van der Waals surface area (Å²) in [6.07, 6.45) is 4.27. The van der Waals surface area contributed by atoms with Crippen LogP contribution >= 0.6 is 0 Å². The van der Waals surface area contributed by atoms with Crippen molar-refractivity contribution in [2.45, 2.75) is 25.4 Å². The fourth-order valence-corrected chi connectivity index (χ4v) is 3.47. The minimum absolute atomic E-state index is 0.0916. The molecule has 3 rings (SSSR count). The Bertz CT molecular complexity index is 841. The highest BCUT2D eigenvalue weighted by Gasteiger charge is 2.34. The number of allylic oxidation sites excluding steroid dienone is 1. The van der Waals surface area contributed by atoms with E-state index in [1.54, 1.807) is 20.3 Å². The molecule has 0 bridgehead atoms. The van der Waals surface area contributed by atoms with Gasteiger partial charge in [-0.2, -0.15) is 0 Å². The van der Waals surface area contributed by atoms with Crippen molar-refractivity contribution >= 4 is 0 Å². The van der Waals surface area contributed by atoms with Crippen molar-refractivity contribution in [2.24, 2.45) is 0 Å². The average molecular weight is 366 g/mol. The molecule has 1 aliphatic rings. The molecule has 0 radical (unpaired) electrons. The van der Waals surface area contributed by atoms with Crippen LogP contribution in [0.15, 0.2) is 55.6 Å². The molecule has 0 saturated carbocycles. The molecule has 0 aliphatic carbocycles. The maximum absolute atomic E-state index is 6.30. The lowest BCUT2D eigenvalue weighted by Crippen LogP contribution is -2.07. The fraction of sp³-hybridized carbons (Fsp3) is 0.304. The maximum Gasteiger partial charge on any atom is 0.161 e. The van der Waals surface area contributed by atoms with Crippen LogP contribution in [-0.2, 0) is 6.42 Å². The quantitative estimate of drug-likeness (QED) is 0.599. The zero-order valence-electron chi connectivity index (χ0n) is 16.2. The van der Waals surface area contributed by atoms with Gasteiger partial charge >= 0.3 is 0 Å². The molecule has 142 valence electrons. The van der Waals surface area contributed by atoms with Gasteiger partial charge in [0.1, 0.15) is 24.2 Å². The van der Waals surface area contributed by atoms with E-state index in [2.05, 4.69) is 26.1 Å². The van der Waals surface area contributed by atoms with Crippen molar-refractivity contribution in [1.29, 1.82) is 0 Å². The Labute approximate surface area is 161 Å². The SMILES string of the molecule is C=CCOc1cc2c(cc1CC=C)[C@H](C)[C@@H](c1ccc(OC)c(OC)c1)O2. The summed E-state index contributed by atoms with van der Waals surface area (Å²) in [6, 6.07) is 10.1. The monoisotopic (exact) mass is 366 g/mol. The van der Waals surface area contributed by atoms with Gasteiger partial charge in [0, 0.05) is 17.5 Å². The Hall–Kier alpha value is -2.88. The first kappa shape index (κ1) is 18.9. The molecular formula is C23H26O4. The minimum Gasteiger partial charge on any atom is -0.493 e. The molecule has 2 atom stereocenters. The van der Waals surface area contributed by atoms with Crippen LogP contribution in [-0.4, -0.2) is 20.8 Å². The first-order valence-electron chi connectivity index (χ1n) is 9.02. The van der Waals surface area contributed by atoms with E-state index in [0.717, 1.165) is 29.0 Å². The maximum atomic E-state index is 6.30. The Morgan fingerprint density at radius 2 is 1.78 bits per heavy atom. The van der Waals surface area contributed by atoms with Crippen molar-refractivity contribution in [3.05, 3.63) is 72.3 Å². The van der Waals surface area contributed by atoms with E-state index >= 15 is 0 Å². The first-order valence-corrected chi connectivity index (χ1v) is 9.02. The number of rotatable bonds is 8. The van der Waals surface area contributed by atoms with Gasteiger partial charge in [0.05, 0.1) is 14.2 Å². The smallest absolute Gasteiger partial charge is 0.161 e. The van der Waals surface area contributed by atoms with Crippen LogP contribution in [0, 0.1) is 0 Å². The van der Waals surface area contributed by atoms with Crippen LogP contribution in [0.3, 0.4) is 0 Å². The molecule has 0 aromatic heterocycles. The summed E-state index contributed by atoms with van der Waals surface area (Å²) < 4.78 is 22.9. The van der Waals surface area contributed by atoms with E-state index in [1.807, 2.05) is 30.3 Å². The van der Waals surface area contributed by atoms with E-state index in [9.17, 15) is 0 Å². The fourth-order valence-electron chi connectivity index (χ4n) is 3.47. The molecule has 0 saturated heterocycles. The highest BCUT2D eigenvalue weighted by Crippen LogP contribution is 2.49. The van der Waals surface area contributed by atoms with E-state index in [4.69, 9.17) is 18.9 Å². The van der Waals surface area contributed by atoms with Gasteiger partial charge in [-0.05, 0) is 35.7 Å². The van der Waals surface area contributed by atoms with Crippen LogP contribution < -0.4 is 18.9 Å². The van der Waals surface area contributed by atoms with Gasteiger partial charge in [0.25, 0.3) is 0 Å². The second-order valence-corrected chi connectivity index (χ2v) is 6.53. The van der Waals surface area contributed by atoms with Crippen molar-refractivity contribution in [3.8, 4) is 23.0 Å². The van der Waals surface area contributed by atoms with Crippen LogP contribution in [0.5, 0.6) is 23.0 Å². The Morgan fingerprint density at radius 1 is 1.00 bits per heavy atom. The van der Waals surface area contributed by atoms with E-state index in [-0.39, 0.29) is 12.0 Å². The van der Waals surface area contributed by atoms with Crippen LogP contribution in [0.1, 0.15) is 35.6 Å². The molecule has 0 fully saturated rings. The van der Waals surface area contributed by atoms with Gasteiger partial charge in [-0.1, -0.05) is 31.7 Å². The summed E-state index contributed by atoms with van der Waals surface area (Å²) in [5.74, 6) is 3.28. The highest BCUT2D eigenvalue weighted by molar-refractivity contribution is 5.53. The van der Waals surface area contributed by atoms with E-state index < -0.39 is 0 Å². The Balaban J connectivity index is 1.95. The molecule has 0 amide bonds. The van der Waals surface area contributed by atoms with Gasteiger partial charge in [-0.15, -0.1) is 6.58 Å². The van der Waals surface area contributed by atoms with Gasteiger partial charge in [-0.25, -0.2) is 0 Å². The average Bonchev–Trinajstić information content (AvgIpc) is 3.01. The Kier molecular flexibility index (Phi) is 5.75. The lowest BCUT2D eigenvalue weighted by atomic mass is 9.91. The van der Waals surface area contributed by atoms with Gasteiger partial charge in [0.15, 0.2) is 11.5 Å². The van der Waals surface area contributed by atoms with E-state index in [1.165, 1.54) is 5.56 Å². The predicted molar refractivity (Wildman–Crippen MR) is 107 cm³/mol.